The number of phenols is 1. The summed E-state index contributed by atoms with van der Waals surface area (Å²) in [5.74, 6) is -0.762. The summed E-state index contributed by atoms with van der Waals surface area (Å²) in [6.45, 7) is 2.30. The van der Waals surface area contributed by atoms with Crippen LogP contribution >= 0.6 is 24.8 Å². The number of alkyl halides is 3. The zero-order valence-electron chi connectivity index (χ0n) is 14.5. The summed E-state index contributed by atoms with van der Waals surface area (Å²) < 4.78 is 43.1. The average Bonchev–Trinajstić information content (AvgIpc) is 2.55. The van der Waals surface area contributed by atoms with Gasteiger partial charge in [0.15, 0.2) is 5.75 Å². The van der Waals surface area contributed by atoms with Gasteiger partial charge in [0.05, 0.1) is 12.0 Å². The normalized spacial score (nSPS) is 16.0. The Labute approximate surface area is 166 Å². The molecule has 12 heteroatoms. The van der Waals surface area contributed by atoms with Gasteiger partial charge in [-0.3, -0.25) is 15.0 Å². The predicted octanol–water partition coefficient (Wildman–Crippen LogP) is 3.44. The first kappa shape index (κ1) is 25.5. The Balaban J connectivity index is 0.00000338. The maximum Gasteiger partial charge on any atom is 0.389 e. The van der Waals surface area contributed by atoms with E-state index in [2.05, 4.69) is 5.32 Å². The number of methoxy groups -OCH3 is 1. The van der Waals surface area contributed by atoms with Gasteiger partial charge in [0.2, 0.25) is 5.75 Å². The summed E-state index contributed by atoms with van der Waals surface area (Å²) in [4.78, 5) is 12.2. The van der Waals surface area contributed by atoms with Crippen molar-refractivity contribution >= 4 is 30.5 Å². The molecule has 0 aromatic heterocycles. The first-order valence-corrected chi connectivity index (χ1v) is 7.79. The molecule has 7 nitrogen and oxygen atoms in total. The number of ether oxygens (including phenoxy) is 1. The van der Waals surface area contributed by atoms with E-state index in [1.807, 2.05) is 4.90 Å². The molecule has 2 rings (SSSR count). The van der Waals surface area contributed by atoms with E-state index in [0.717, 1.165) is 6.07 Å². The number of nitrogens with one attached hydrogen (secondary N) is 1. The Hall–Kier alpha value is -1.49. The fraction of sp³-hybridized carbons (Fsp3) is 0.600. The van der Waals surface area contributed by atoms with Gasteiger partial charge in [-0.2, -0.15) is 13.2 Å². The van der Waals surface area contributed by atoms with Crippen LogP contribution in [0.25, 0.3) is 0 Å². The number of halogens is 5. The Morgan fingerprint density at radius 2 is 1.93 bits per heavy atom. The molecule has 0 saturated carbocycles. The number of nitro benzene ring substituents is 1. The highest BCUT2D eigenvalue weighted by molar-refractivity contribution is 5.85. The Morgan fingerprint density at radius 1 is 1.33 bits per heavy atom. The van der Waals surface area contributed by atoms with Crippen LogP contribution in [0.1, 0.15) is 24.4 Å². The van der Waals surface area contributed by atoms with Crippen molar-refractivity contribution in [2.45, 2.75) is 25.1 Å². The minimum Gasteiger partial charge on any atom is -0.500 e. The number of aromatic hydroxyl groups is 1. The molecular weight excluding hydrogens is 414 g/mol. The number of nitro groups is 1. The van der Waals surface area contributed by atoms with Crippen molar-refractivity contribution in [1.29, 1.82) is 0 Å². The monoisotopic (exact) mass is 435 g/mol. The molecule has 0 spiro atoms. The highest BCUT2D eigenvalue weighted by atomic mass is 35.5. The highest BCUT2D eigenvalue weighted by Gasteiger charge is 2.33. The van der Waals surface area contributed by atoms with Crippen LogP contribution in [0.15, 0.2) is 12.1 Å². The highest BCUT2D eigenvalue weighted by Crippen LogP contribution is 2.41. The Morgan fingerprint density at radius 3 is 2.41 bits per heavy atom. The van der Waals surface area contributed by atoms with E-state index in [0.29, 0.717) is 31.7 Å². The molecule has 0 unspecified atom stereocenters. The number of nitrogens with zero attached hydrogens (tertiary/aromatic N) is 2. The van der Waals surface area contributed by atoms with Crippen LogP contribution in [0, 0.1) is 10.1 Å². The second-order valence-corrected chi connectivity index (χ2v) is 5.80. The number of hydrogen-bond acceptors (Lipinski definition) is 6. The second-order valence-electron chi connectivity index (χ2n) is 5.80. The van der Waals surface area contributed by atoms with Crippen LogP contribution in [-0.2, 0) is 0 Å². The topological polar surface area (TPSA) is 87.9 Å². The molecule has 1 aromatic carbocycles. The van der Waals surface area contributed by atoms with Crippen molar-refractivity contribution in [3.63, 3.8) is 0 Å². The van der Waals surface area contributed by atoms with Gasteiger partial charge in [-0.1, -0.05) is 0 Å². The van der Waals surface area contributed by atoms with Crippen LogP contribution in [0.3, 0.4) is 0 Å². The van der Waals surface area contributed by atoms with Gasteiger partial charge < -0.3 is 15.2 Å². The molecule has 27 heavy (non-hydrogen) atoms. The lowest BCUT2D eigenvalue weighted by molar-refractivity contribution is -0.386. The standard InChI is InChI=1S/C15H20F3N3O4.2ClH/c1-25-13-9-10(8-12(14(13)22)21(23)24)11(2-3-15(16,17)18)20-6-4-19-5-7-20;;/h8-9,11,19,22H,2-7H2,1H3;2*1H/t11-;;/m1../s1. The lowest BCUT2D eigenvalue weighted by Crippen LogP contribution is -2.45. The molecule has 0 radical (unpaired) electrons. The fourth-order valence-corrected chi connectivity index (χ4v) is 2.96. The first-order valence-electron chi connectivity index (χ1n) is 7.79. The van der Waals surface area contributed by atoms with Crippen LogP contribution in [0.5, 0.6) is 11.5 Å². The van der Waals surface area contributed by atoms with Crippen molar-refractivity contribution in [3.8, 4) is 11.5 Å². The number of hydrogen-bond donors (Lipinski definition) is 2. The van der Waals surface area contributed by atoms with E-state index in [1.165, 1.54) is 13.2 Å². The molecule has 1 fully saturated rings. The molecule has 2 N–H and O–H groups in total. The largest absolute Gasteiger partial charge is 0.500 e. The van der Waals surface area contributed by atoms with Gasteiger partial charge in [-0.25, -0.2) is 0 Å². The molecule has 1 aliphatic rings. The van der Waals surface area contributed by atoms with Crippen molar-refractivity contribution < 1.29 is 27.9 Å². The molecule has 1 aliphatic heterocycles. The smallest absolute Gasteiger partial charge is 0.389 e. The van der Waals surface area contributed by atoms with Gasteiger partial charge in [0.25, 0.3) is 0 Å². The number of phenolic OH excluding ortho intramolecular Hbond substituents is 1. The summed E-state index contributed by atoms with van der Waals surface area (Å²) in [5.41, 5.74) is -0.256. The van der Waals surface area contributed by atoms with Crippen LogP contribution in [-0.4, -0.2) is 54.4 Å². The number of rotatable bonds is 6. The molecular formula is C15H22Cl2F3N3O4. The summed E-state index contributed by atoms with van der Waals surface area (Å²) in [5, 5.41) is 24.1. The molecule has 0 bridgehead atoms. The minimum atomic E-state index is -4.32. The van der Waals surface area contributed by atoms with Gasteiger partial charge >= 0.3 is 11.9 Å². The quantitative estimate of drug-likeness (QED) is 0.525. The molecule has 1 saturated heterocycles. The SMILES string of the molecule is COc1cc([C@@H](CCC(F)(F)F)N2CCNCC2)cc([N+](=O)[O-])c1O.Cl.Cl. The van der Waals surface area contributed by atoms with E-state index in [9.17, 15) is 28.4 Å². The lowest BCUT2D eigenvalue weighted by Gasteiger charge is -2.35. The molecule has 1 aromatic rings. The maximum atomic E-state index is 12.7. The third-order valence-corrected chi connectivity index (χ3v) is 4.17. The van der Waals surface area contributed by atoms with E-state index < -0.39 is 35.0 Å². The molecule has 0 amide bonds. The van der Waals surface area contributed by atoms with Crippen LogP contribution in [0.4, 0.5) is 18.9 Å². The Kier molecular flexibility index (Phi) is 10.2. The lowest BCUT2D eigenvalue weighted by atomic mass is 9.98. The predicted molar refractivity (Wildman–Crippen MR) is 98.3 cm³/mol. The second kappa shape index (κ2) is 10.7. The van der Waals surface area contributed by atoms with Gasteiger partial charge in [-0.15, -0.1) is 24.8 Å². The first-order chi connectivity index (χ1) is 11.7. The summed E-state index contributed by atoms with van der Waals surface area (Å²) in [6, 6.07) is 1.84. The number of piperazine rings is 1. The van der Waals surface area contributed by atoms with Gasteiger partial charge in [0.1, 0.15) is 0 Å². The maximum absolute atomic E-state index is 12.7. The summed E-state index contributed by atoms with van der Waals surface area (Å²) in [7, 11) is 1.23. The van der Waals surface area contributed by atoms with Crippen molar-refractivity contribution in [2.75, 3.05) is 33.3 Å². The van der Waals surface area contributed by atoms with Gasteiger partial charge in [-0.05, 0) is 18.1 Å². The molecule has 1 heterocycles. The zero-order valence-corrected chi connectivity index (χ0v) is 16.1. The van der Waals surface area contributed by atoms with E-state index >= 15 is 0 Å². The third-order valence-electron chi connectivity index (χ3n) is 4.17. The molecule has 0 aliphatic carbocycles. The zero-order chi connectivity index (χ0) is 18.6. The number of benzene rings is 1. The van der Waals surface area contributed by atoms with Crippen molar-refractivity contribution in [1.82, 2.24) is 10.2 Å². The van der Waals surface area contributed by atoms with E-state index in [4.69, 9.17) is 4.74 Å². The third kappa shape index (κ3) is 6.87. The summed E-state index contributed by atoms with van der Waals surface area (Å²) in [6.07, 6.45) is -5.55. The summed E-state index contributed by atoms with van der Waals surface area (Å²) >= 11 is 0. The van der Waals surface area contributed by atoms with E-state index in [-0.39, 0.29) is 37.0 Å². The van der Waals surface area contributed by atoms with Crippen LogP contribution < -0.4 is 10.1 Å². The minimum absolute atomic E-state index is 0. The van der Waals surface area contributed by atoms with Crippen molar-refractivity contribution in [2.24, 2.45) is 0 Å². The van der Waals surface area contributed by atoms with Crippen molar-refractivity contribution in [3.05, 3.63) is 27.8 Å². The van der Waals surface area contributed by atoms with Gasteiger partial charge in [0, 0.05) is 44.7 Å². The van der Waals surface area contributed by atoms with E-state index in [1.54, 1.807) is 0 Å². The molecule has 156 valence electrons. The molecule has 1 atom stereocenters. The van der Waals surface area contributed by atoms with Crippen LogP contribution in [0.2, 0.25) is 0 Å². The average molecular weight is 436 g/mol. The Bertz CT molecular complexity index is 629. The fourth-order valence-electron chi connectivity index (χ4n) is 2.96.